The van der Waals surface area contributed by atoms with Crippen molar-refractivity contribution in [2.75, 3.05) is 0 Å². The van der Waals surface area contributed by atoms with Gasteiger partial charge in [0.2, 0.25) is 5.13 Å². The smallest absolute Gasteiger partial charge is 0.211 e. The number of aromatic nitrogens is 3. The van der Waals surface area contributed by atoms with Crippen LogP contribution in [-0.4, -0.2) is 14.8 Å². The van der Waals surface area contributed by atoms with E-state index in [1.807, 2.05) is 22.9 Å². The summed E-state index contributed by atoms with van der Waals surface area (Å²) in [5, 5.41) is 5.67. The van der Waals surface area contributed by atoms with Gasteiger partial charge in [-0.15, -0.1) is 0 Å². The van der Waals surface area contributed by atoms with Gasteiger partial charge in [0.1, 0.15) is 0 Å². The van der Waals surface area contributed by atoms with E-state index < -0.39 is 0 Å². The molecule has 0 saturated carbocycles. The molecule has 4 heteroatoms. The van der Waals surface area contributed by atoms with Gasteiger partial charge in [-0.2, -0.15) is 5.10 Å². The normalized spacial score (nSPS) is 12.6. The summed E-state index contributed by atoms with van der Waals surface area (Å²) in [5.74, 6) is 0. The van der Waals surface area contributed by atoms with Gasteiger partial charge in [-0.1, -0.05) is 47.7 Å². The standard InChI is InChI=1S/C17H11N3S/c1-2-6-12-11(5-1)9-15-13(12)10-20(19-15)17-18-14-7-3-4-8-16(14)21-17/h1-8,10H,9H2. The molecule has 2 aromatic carbocycles. The minimum Gasteiger partial charge on any atom is -0.218 e. The topological polar surface area (TPSA) is 30.7 Å². The van der Waals surface area contributed by atoms with E-state index in [-0.39, 0.29) is 0 Å². The predicted octanol–water partition coefficient (Wildman–Crippen LogP) is 4.05. The summed E-state index contributed by atoms with van der Waals surface area (Å²) in [5.41, 5.74) is 6.10. The van der Waals surface area contributed by atoms with E-state index in [1.165, 1.54) is 21.4 Å². The van der Waals surface area contributed by atoms with Crippen molar-refractivity contribution >= 4 is 21.6 Å². The number of benzene rings is 2. The average molecular weight is 289 g/mol. The first kappa shape index (κ1) is 11.2. The summed E-state index contributed by atoms with van der Waals surface area (Å²) in [6.07, 6.45) is 3.03. The van der Waals surface area contributed by atoms with Crippen LogP contribution < -0.4 is 0 Å². The van der Waals surface area contributed by atoms with Gasteiger partial charge in [-0.05, 0) is 23.3 Å². The van der Waals surface area contributed by atoms with E-state index in [1.54, 1.807) is 11.3 Å². The third-order valence-electron chi connectivity index (χ3n) is 3.93. The molecule has 0 spiro atoms. The fourth-order valence-corrected chi connectivity index (χ4v) is 3.83. The van der Waals surface area contributed by atoms with Crippen LogP contribution in [0.3, 0.4) is 0 Å². The van der Waals surface area contributed by atoms with Crippen molar-refractivity contribution in [3.8, 4) is 16.3 Å². The van der Waals surface area contributed by atoms with Crippen LogP contribution in [0, 0.1) is 0 Å². The molecule has 0 fully saturated rings. The molecule has 100 valence electrons. The molecule has 0 amide bonds. The molecule has 0 saturated heterocycles. The fraction of sp³-hybridized carbons (Fsp3) is 0.0588. The average Bonchev–Trinajstić information content (AvgIpc) is 3.18. The molecule has 0 N–H and O–H groups in total. The lowest BCUT2D eigenvalue weighted by Gasteiger charge is -1.98. The first-order chi connectivity index (χ1) is 10.4. The van der Waals surface area contributed by atoms with Crippen LogP contribution in [0.25, 0.3) is 26.5 Å². The zero-order valence-corrected chi connectivity index (χ0v) is 12.0. The minimum absolute atomic E-state index is 0.920. The Morgan fingerprint density at radius 3 is 2.76 bits per heavy atom. The van der Waals surface area contributed by atoms with Crippen LogP contribution in [0.5, 0.6) is 0 Å². The van der Waals surface area contributed by atoms with Crippen molar-refractivity contribution in [1.82, 2.24) is 14.8 Å². The number of nitrogens with zero attached hydrogens (tertiary/aromatic N) is 3. The molecule has 21 heavy (non-hydrogen) atoms. The number of rotatable bonds is 1. The van der Waals surface area contributed by atoms with Crippen LogP contribution in [0.1, 0.15) is 11.3 Å². The number of para-hydroxylation sites is 1. The molecule has 2 aromatic heterocycles. The van der Waals surface area contributed by atoms with E-state index in [2.05, 4.69) is 41.5 Å². The number of fused-ring (bicyclic) bond motifs is 4. The van der Waals surface area contributed by atoms with Gasteiger partial charge in [0, 0.05) is 18.2 Å². The molecule has 1 aliphatic rings. The summed E-state index contributed by atoms with van der Waals surface area (Å²) in [6, 6.07) is 16.7. The van der Waals surface area contributed by atoms with Crippen molar-refractivity contribution < 1.29 is 0 Å². The molecule has 3 nitrogen and oxygen atoms in total. The maximum atomic E-state index is 4.74. The lowest BCUT2D eigenvalue weighted by atomic mass is 10.1. The molecule has 1 aliphatic carbocycles. The van der Waals surface area contributed by atoms with Gasteiger partial charge >= 0.3 is 0 Å². The Kier molecular flexibility index (Phi) is 2.15. The van der Waals surface area contributed by atoms with Crippen molar-refractivity contribution in [2.24, 2.45) is 0 Å². The van der Waals surface area contributed by atoms with Crippen molar-refractivity contribution in [3.63, 3.8) is 0 Å². The summed E-state index contributed by atoms with van der Waals surface area (Å²) in [7, 11) is 0. The monoisotopic (exact) mass is 289 g/mol. The molecule has 0 atom stereocenters. The molecular weight excluding hydrogens is 278 g/mol. The molecule has 2 heterocycles. The van der Waals surface area contributed by atoms with Crippen molar-refractivity contribution in [1.29, 1.82) is 0 Å². The van der Waals surface area contributed by atoms with E-state index in [0.717, 1.165) is 22.8 Å². The molecule has 0 aliphatic heterocycles. The highest BCUT2D eigenvalue weighted by Gasteiger charge is 2.22. The second kappa shape index (κ2) is 4.02. The maximum absolute atomic E-state index is 4.74. The van der Waals surface area contributed by atoms with E-state index in [9.17, 15) is 0 Å². The lowest BCUT2D eigenvalue weighted by Crippen LogP contribution is -1.95. The van der Waals surface area contributed by atoms with E-state index in [4.69, 9.17) is 5.10 Å². The Hall–Kier alpha value is -2.46. The Morgan fingerprint density at radius 2 is 1.81 bits per heavy atom. The van der Waals surface area contributed by atoms with E-state index >= 15 is 0 Å². The molecular formula is C17H11N3S. The van der Waals surface area contributed by atoms with Gasteiger partial charge in [-0.3, -0.25) is 0 Å². The van der Waals surface area contributed by atoms with Crippen LogP contribution in [0.2, 0.25) is 0 Å². The molecule has 0 bridgehead atoms. The fourth-order valence-electron chi connectivity index (χ4n) is 2.94. The molecule has 5 rings (SSSR count). The molecule has 4 aromatic rings. The highest BCUT2D eigenvalue weighted by atomic mass is 32.1. The quantitative estimate of drug-likeness (QED) is 0.466. The summed E-state index contributed by atoms with van der Waals surface area (Å²) >= 11 is 1.68. The summed E-state index contributed by atoms with van der Waals surface area (Å²) in [4.78, 5) is 4.67. The maximum Gasteiger partial charge on any atom is 0.211 e. The largest absolute Gasteiger partial charge is 0.218 e. The second-order valence-electron chi connectivity index (χ2n) is 5.23. The number of hydrogen-bond acceptors (Lipinski definition) is 3. The van der Waals surface area contributed by atoms with E-state index in [0.29, 0.717) is 0 Å². The first-order valence-electron chi connectivity index (χ1n) is 6.91. The van der Waals surface area contributed by atoms with Gasteiger partial charge < -0.3 is 0 Å². The minimum atomic E-state index is 0.920. The SMILES string of the molecule is c1ccc2c(c1)Cc1nn(-c3nc4ccccc4s3)cc1-2. The van der Waals surface area contributed by atoms with Crippen LogP contribution >= 0.6 is 11.3 Å². The molecule has 0 radical (unpaired) electrons. The Labute approximate surface area is 125 Å². The van der Waals surface area contributed by atoms with Gasteiger partial charge in [0.15, 0.2) is 0 Å². The van der Waals surface area contributed by atoms with Crippen molar-refractivity contribution in [3.05, 3.63) is 66.0 Å². The lowest BCUT2D eigenvalue weighted by molar-refractivity contribution is 0.843. The van der Waals surface area contributed by atoms with Gasteiger partial charge in [0.05, 0.1) is 15.9 Å². The summed E-state index contributed by atoms with van der Waals surface area (Å²) in [6.45, 7) is 0. The zero-order chi connectivity index (χ0) is 13.8. The van der Waals surface area contributed by atoms with Crippen LogP contribution in [0.15, 0.2) is 54.7 Å². The Morgan fingerprint density at radius 1 is 0.952 bits per heavy atom. The van der Waals surface area contributed by atoms with Gasteiger partial charge in [-0.25, -0.2) is 9.67 Å². The Bertz CT molecular complexity index is 948. The first-order valence-corrected chi connectivity index (χ1v) is 7.73. The third-order valence-corrected chi connectivity index (χ3v) is 4.96. The van der Waals surface area contributed by atoms with Crippen LogP contribution in [0.4, 0.5) is 0 Å². The van der Waals surface area contributed by atoms with Gasteiger partial charge in [0.25, 0.3) is 0 Å². The number of hydrogen-bond donors (Lipinski definition) is 0. The second-order valence-corrected chi connectivity index (χ2v) is 6.24. The Balaban J connectivity index is 1.67. The zero-order valence-electron chi connectivity index (χ0n) is 11.2. The van der Waals surface area contributed by atoms with Crippen LogP contribution in [-0.2, 0) is 6.42 Å². The highest BCUT2D eigenvalue weighted by molar-refractivity contribution is 7.20. The number of thiazole rings is 1. The molecule has 0 unspecified atom stereocenters. The third kappa shape index (κ3) is 1.59. The van der Waals surface area contributed by atoms with Crippen molar-refractivity contribution in [2.45, 2.75) is 6.42 Å². The predicted molar refractivity (Wildman–Crippen MR) is 85.0 cm³/mol. The summed E-state index contributed by atoms with van der Waals surface area (Å²) < 4.78 is 3.12. The highest BCUT2D eigenvalue weighted by Crippen LogP contribution is 2.36.